The molecule has 1 aromatic rings. The summed E-state index contributed by atoms with van der Waals surface area (Å²) >= 11 is 0. The monoisotopic (exact) mass is 251 g/mol. The van der Waals surface area contributed by atoms with Gasteiger partial charge in [-0.15, -0.1) is 0 Å². The molecular weight excluding hydrogens is 233 g/mol. The summed E-state index contributed by atoms with van der Waals surface area (Å²) < 4.78 is 13.0. The van der Waals surface area contributed by atoms with Crippen molar-refractivity contribution in [3.63, 3.8) is 0 Å². The molecule has 0 N–H and O–H groups in total. The molecule has 1 saturated heterocycles. The molecule has 5 heteroatoms. The number of amides is 1. The average Bonchev–Trinajstić information content (AvgIpc) is 2.38. The predicted octanol–water partition coefficient (Wildman–Crippen LogP) is 1.39. The van der Waals surface area contributed by atoms with Gasteiger partial charge in [0.2, 0.25) is 5.95 Å². The van der Waals surface area contributed by atoms with Crippen LogP contribution >= 0.6 is 0 Å². The van der Waals surface area contributed by atoms with E-state index in [0.29, 0.717) is 11.6 Å². The SMILES string of the molecule is CN(C)C1CCN(C(=O)c2ccnc(F)c2)CC1. The zero-order valence-corrected chi connectivity index (χ0v) is 10.8. The van der Waals surface area contributed by atoms with Gasteiger partial charge in [-0.05, 0) is 33.0 Å². The number of carbonyl (C=O) groups is 1. The highest BCUT2D eigenvalue weighted by Gasteiger charge is 2.24. The van der Waals surface area contributed by atoms with Crippen LogP contribution in [0.1, 0.15) is 23.2 Å². The van der Waals surface area contributed by atoms with Crippen molar-refractivity contribution in [2.75, 3.05) is 27.2 Å². The number of likely N-dealkylation sites (tertiary alicyclic amines) is 1. The smallest absolute Gasteiger partial charge is 0.254 e. The summed E-state index contributed by atoms with van der Waals surface area (Å²) in [6.07, 6.45) is 3.26. The lowest BCUT2D eigenvalue weighted by atomic mass is 10.0. The summed E-state index contributed by atoms with van der Waals surface area (Å²) in [6.45, 7) is 1.46. The van der Waals surface area contributed by atoms with E-state index in [1.54, 1.807) is 11.0 Å². The lowest BCUT2D eigenvalue weighted by Crippen LogP contribution is -2.44. The van der Waals surface area contributed by atoms with E-state index in [9.17, 15) is 9.18 Å². The molecule has 1 aliphatic rings. The summed E-state index contributed by atoms with van der Waals surface area (Å²) in [6, 6.07) is 3.28. The molecule has 0 spiro atoms. The van der Waals surface area contributed by atoms with E-state index >= 15 is 0 Å². The third-order valence-corrected chi connectivity index (χ3v) is 3.46. The van der Waals surface area contributed by atoms with E-state index in [2.05, 4.69) is 24.0 Å². The Bertz CT molecular complexity index is 428. The Morgan fingerprint density at radius 2 is 2.11 bits per heavy atom. The maximum atomic E-state index is 13.0. The number of pyridine rings is 1. The second kappa shape index (κ2) is 5.44. The van der Waals surface area contributed by atoms with Crippen molar-refractivity contribution in [1.82, 2.24) is 14.8 Å². The number of hydrogen-bond donors (Lipinski definition) is 0. The van der Waals surface area contributed by atoms with Crippen molar-refractivity contribution >= 4 is 5.91 Å². The first-order chi connectivity index (χ1) is 8.58. The molecule has 2 heterocycles. The maximum absolute atomic E-state index is 13.0. The van der Waals surface area contributed by atoms with Crippen LogP contribution in [-0.2, 0) is 0 Å². The Labute approximate surface area is 106 Å². The van der Waals surface area contributed by atoms with Crippen LogP contribution in [-0.4, -0.2) is 53.9 Å². The third-order valence-electron chi connectivity index (χ3n) is 3.46. The fraction of sp³-hybridized carbons (Fsp3) is 0.538. The van der Waals surface area contributed by atoms with Gasteiger partial charge in [0.15, 0.2) is 0 Å². The van der Waals surface area contributed by atoms with Crippen LogP contribution in [0, 0.1) is 5.95 Å². The molecule has 0 bridgehead atoms. The summed E-state index contributed by atoms with van der Waals surface area (Å²) in [4.78, 5) is 19.6. The lowest BCUT2D eigenvalue weighted by Gasteiger charge is -2.35. The van der Waals surface area contributed by atoms with Crippen LogP contribution in [0.15, 0.2) is 18.3 Å². The first-order valence-electron chi connectivity index (χ1n) is 6.15. The molecule has 1 fully saturated rings. The second-order valence-corrected chi connectivity index (χ2v) is 4.85. The molecule has 0 radical (unpaired) electrons. The van der Waals surface area contributed by atoms with Crippen LogP contribution in [0.4, 0.5) is 4.39 Å². The van der Waals surface area contributed by atoms with E-state index in [1.807, 2.05) is 0 Å². The standard InChI is InChI=1S/C13H18FN3O/c1-16(2)11-4-7-17(8-5-11)13(18)10-3-6-15-12(14)9-10/h3,6,9,11H,4-5,7-8H2,1-2H3. The molecule has 18 heavy (non-hydrogen) atoms. The van der Waals surface area contributed by atoms with Gasteiger partial charge in [0, 0.05) is 37.0 Å². The fourth-order valence-electron chi connectivity index (χ4n) is 2.30. The molecule has 0 aromatic carbocycles. The number of aromatic nitrogens is 1. The van der Waals surface area contributed by atoms with Crippen molar-refractivity contribution in [2.24, 2.45) is 0 Å². The van der Waals surface area contributed by atoms with Crippen molar-refractivity contribution in [2.45, 2.75) is 18.9 Å². The first-order valence-corrected chi connectivity index (χ1v) is 6.15. The van der Waals surface area contributed by atoms with E-state index in [4.69, 9.17) is 0 Å². The van der Waals surface area contributed by atoms with Crippen LogP contribution in [0.2, 0.25) is 0 Å². The van der Waals surface area contributed by atoms with Crippen molar-refractivity contribution in [3.05, 3.63) is 29.8 Å². The minimum Gasteiger partial charge on any atom is -0.339 e. The van der Waals surface area contributed by atoms with Crippen LogP contribution in [0.5, 0.6) is 0 Å². The number of piperidine rings is 1. The molecule has 0 saturated carbocycles. The number of carbonyl (C=O) groups excluding carboxylic acids is 1. The maximum Gasteiger partial charge on any atom is 0.254 e. The Balaban J connectivity index is 1.99. The van der Waals surface area contributed by atoms with E-state index < -0.39 is 5.95 Å². The highest BCUT2D eigenvalue weighted by molar-refractivity contribution is 5.94. The number of rotatable bonds is 2. The van der Waals surface area contributed by atoms with Gasteiger partial charge in [0.25, 0.3) is 5.91 Å². The van der Waals surface area contributed by atoms with Crippen molar-refractivity contribution in [3.8, 4) is 0 Å². The molecular formula is C13H18FN3O. The third kappa shape index (κ3) is 2.85. The average molecular weight is 251 g/mol. The molecule has 1 aromatic heterocycles. The highest BCUT2D eigenvalue weighted by atomic mass is 19.1. The first kappa shape index (κ1) is 13.0. The minimum atomic E-state index is -0.607. The van der Waals surface area contributed by atoms with Gasteiger partial charge < -0.3 is 9.80 Å². The Morgan fingerprint density at radius 1 is 1.44 bits per heavy atom. The highest BCUT2D eigenvalue weighted by Crippen LogP contribution is 2.16. The summed E-state index contributed by atoms with van der Waals surface area (Å²) in [7, 11) is 4.11. The van der Waals surface area contributed by atoms with Gasteiger partial charge in [0.05, 0.1) is 0 Å². The molecule has 0 unspecified atom stereocenters. The quantitative estimate of drug-likeness (QED) is 0.745. The normalized spacial score (nSPS) is 17.2. The number of nitrogens with zero attached hydrogens (tertiary/aromatic N) is 3. The van der Waals surface area contributed by atoms with Crippen LogP contribution < -0.4 is 0 Å². The summed E-state index contributed by atoms with van der Waals surface area (Å²) in [5.41, 5.74) is 0.380. The van der Waals surface area contributed by atoms with E-state index in [-0.39, 0.29) is 5.91 Å². The van der Waals surface area contributed by atoms with Gasteiger partial charge in [0.1, 0.15) is 0 Å². The Morgan fingerprint density at radius 3 is 2.67 bits per heavy atom. The molecule has 0 aliphatic carbocycles. The minimum absolute atomic E-state index is 0.103. The van der Waals surface area contributed by atoms with Gasteiger partial charge in [-0.2, -0.15) is 4.39 Å². The van der Waals surface area contributed by atoms with Gasteiger partial charge in [-0.3, -0.25) is 4.79 Å². The topological polar surface area (TPSA) is 36.4 Å². The molecule has 98 valence electrons. The number of halogens is 1. The fourth-order valence-corrected chi connectivity index (χ4v) is 2.30. The van der Waals surface area contributed by atoms with Gasteiger partial charge >= 0.3 is 0 Å². The summed E-state index contributed by atoms with van der Waals surface area (Å²) in [5.74, 6) is -0.711. The Kier molecular flexibility index (Phi) is 3.91. The lowest BCUT2D eigenvalue weighted by molar-refractivity contribution is 0.0662. The van der Waals surface area contributed by atoms with Gasteiger partial charge in [-0.25, -0.2) is 4.98 Å². The molecule has 1 aliphatic heterocycles. The summed E-state index contributed by atoms with van der Waals surface area (Å²) in [5, 5.41) is 0. The Hall–Kier alpha value is -1.49. The van der Waals surface area contributed by atoms with Crippen molar-refractivity contribution in [1.29, 1.82) is 0 Å². The van der Waals surface area contributed by atoms with E-state index in [0.717, 1.165) is 25.9 Å². The van der Waals surface area contributed by atoms with E-state index in [1.165, 1.54) is 12.3 Å². The molecule has 1 amide bonds. The molecule has 0 atom stereocenters. The van der Waals surface area contributed by atoms with Crippen LogP contribution in [0.25, 0.3) is 0 Å². The van der Waals surface area contributed by atoms with Gasteiger partial charge in [-0.1, -0.05) is 0 Å². The zero-order valence-electron chi connectivity index (χ0n) is 10.8. The number of hydrogen-bond acceptors (Lipinski definition) is 3. The molecule has 4 nitrogen and oxygen atoms in total. The zero-order chi connectivity index (χ0) is 13.1. The predicted molar refractivity (Wildman–Crippen MR) is 66.8 cm³/mol. The molecule has 2 rings (SSSR count). The van der Waals surface area contributed by atoms with Crippen LogP contribution in [0.3, 0.4) is 0 Å². The second-order valence-electron chi connectivity index (χ2n) is 4.85. The van der Waals surface area contributed by atoms with Crippen molar-refractivity contribution < 1.29 is 9.18 Å². The largest absolute Gasteiger partial charge is 0.339 e.